The van der Waals surface area contributed by atoms with Crippen molar-refractivity contribution in [3.8, 4) is 119 Å². The number of halogens is 3. The van der Waals surface area contributed by atoms with Crippen LogP contribution in [0.5, 0.6) is 0 Å². The second-order valence-electron chi connectivity index (χ2n) is 22.8. The smallest absolute Gasteiger partial charge is 0.309 e. The van der Waals surface area contributed by atoms with Gasteiger partial charge in [0.15, 0.2) is 0 Å². The molecule has 0 amide bonds. The molecule has 0 aliphatic heterocycles. The number of hydrogen-bond acceptors (Lipinski definition) is 5. The van der Waals surface area contributed by atoms with Crippen LogP contribution in [-0.2, 0) is 6.18 Å². The average molecular weight is 1190 g/mol. The summed E-state index contributed by atoms with van der Waals surface area (Å²) in [7, 11) is 0. The number of pyridine rings is 4. The summed E-state index contributed by atoms with van der Waals surface area (Å²) in [5.74, 6) is 0. The van der Waals surface area contributed by atoms with Crippen LogP contribution in [0.3, 0.4) is 0 Å². The number of rotatable bonds is 11. The Bertz CT molecular complexity index is 5300. The topological polar surface area (TPSA) is 85.2 Å². The predicted molar refractivity (Wildman–Crippen MR) is 365 cm³/mol. The lowest BCUT2D eigenvalue weighted by molar-refractivity contribution is -0.137. The van der Waals surface area contributed by atoms with Crippen molar-refractivity contribution in [2.45, 2.75) is 6.18 Å². The van der Waals surface area contributed by atoms with Gasteiger partial charge < -0.3 is 9.13 Å². The zero-order chi connectivity index (χ0) is 61.9. The molecular formula is C82H50F3N7. The summed E-state index contributed by atoms with van der Waals surface area (Å²) in [6.45, 7) is 0. The van der Waals surface area contributed by atoms with E-state index >= 15 is 13.2 Å². The Labute approximate surface area is 527 Å². The minimum atomic E-state index is -4.66. The molecule has 92 heavy (non-hydrogen) atoms. The van der Waals surface area contributed by atoms with Gasteiger partial charge in [0.05, 0.1) is 90.1 Å². The highest BCUT2D eigenvalue weighted by Crippen LogP contribution is 2.45. The third kappa shape index (κ3) is 10.0. The highest BCUT2D eigenvalue weighted by molar-refractivity contribution is 6.14. The third-order valence-corrected chi connectivity index (χ3v) is 17.2. The lowest BCUT2D eigenvalue weighted by Crippen LogP contribution is -2.06. The molecule has 10 aromatic carbocycles. The van der Waals surface area contributed by atoms with Crippen molar-refractivity contribution in [3.05, 3.63) is 314 Å². The molecule has 0 saturated heterocycles. The second kappa shape index (κ2) is 22.7. The van der Waals surface area contributed by atoms with E-state index in [1.807, 2.05) is 255 Å². The van der Waals surface area contributed by atoms with Gasteiger partial charge in [0, 0.05) is 71.6 Å². The fraction of sp³-hybridized carbons (Fsp3) is 0.0122. The largest absolute Gasteiger partial charge is 0.416 e. The van der Waals surface area contributed by atoms with Crippen LogP contribution in [0.25, 0.3) is 156 Å². The Hall–Kier alpha value is -12.3. The third-order valence-electron chi connectivity index (χ3n) is 17.2. The van der Waals surface area contributed by atoms with Crippen molar-refractivity contribution in [2.75, 3.05) is 0 Å². The van der Waals surface area contributed by atoms with Crippen molar-refractivity contribution in [2.24, 2.45) is 0 Å². The Morgan fingerprint density at radius 2 is 0.565 bits per heavy atom. The van der Waals surface area contributed by atoms with E-state index in [9.17, 15) is 5.26 Å². The maximum Gasteiger partial charge on any atom is 0.416 e. The van der Waals surface area contributed by atoms with Crippen LogP contribution in [-0.4, -0.2) is 29.1 Å². The van der Waals surface area contributed by atoms with Crippen molar-refractivity contribution >= 4 is 43.6 Å². The Kier molecular flexibility index (Phi) is 13.6. The summed E-state index contributed by atoms with van der Waals surface area (Å²) in [5.41, 5.74) is 18.2. The molecule has 0 saturated carbocycles. The van der Waals surface area contributed by atoms with Crippen LogP contribution in [0.2, 0.25) is 0 Å². The van der Waals surface area contributed by atoms with Gasteiger partial charge in [0.2, 0.25) is 0 Å². The van der Waals surface area contributed by atoms with E-state index in [0.717, 1.165) is 140 Å². The summed E-state index contributed by atoms with van der Waals surface area (Å²) < 4.78 is 49.4. The van der Waals surface area contributed by atoms with Crippen molar-refractivity contribution in [1.29, 1.82) is 5.26 Å². The highest BCUT2D eigenvalue weighted by Gasteiger charge is 2.31. The molecule has 434 valence electrons. The van der Waals surface area contributed by atoms with Crippen molar-refractivity contribution < 1.29 is 13.2 Å². The fourth-order valence-electron chi connectivity index (χ4n) is 12.8. The van der Waals surface area contributed by atoms with E-state index in [1.165, 1.54) is 12.1 Å². The van der Waals surface area contributed by atoms with Gasteiger partial charge >= 0.3 is 6.18 Å². The maximum absolute atomic E-state index is 15.1. The number of aromatic nitrogens is 6. The molecule has 0 N–H and O–H groups in total. The normalized spacial score (nSPS) is 11.6. The molecule has 0 spiro atoms. The van der Waals surface area contributed by atoms with Crippen molar-refractivity contribution in [1.82, 2.24) is 29.1 Å². The lowest BCUT2D eigenvalue weighted by Gasteiger charge is -2.19. The van der Waals surface area contributed by atoms with Crippen LogP contribution in [0.1, 0.15) is 11.1 Å². The highest BCUT2D eigenvalue weighted by atomic mass is 19.4. The molecule has 6 heterocycles. The lowest BCUT2D eigenvalue weighted by atomic mass is 9.97. The van der Waals surface area contributed by atoms with Gasteiger partial charge in [-0.25, -0.2) is 19.9 Å². The maximum atomic E-state index is 15.1. The first-order valence-corrected chi connectivity index (χ1v) is 30.2. The molecule has 0 fully saturated rings. The van der Waals surface area contributed by atoms with Gasteiger partial charge in [0.1, 0.15) is 6.07 Å². The summed E-state index contributed by atoms with van der Waals surface area (Å²) >= 11 is 0. The molecule has 16 aromatic rings. The van der Waals surface area contributed by atoms with E-state index in [1.54, 1.807) is 6.07 Å². The number of nitriles is 1. The first-order valence-electron chi connectivity index (χ1n) is 30.2. The molecule has 16 rings (SSSR count). The van der Waals surface area contributed by atoms with Crippen LogP contribution in [0.15, 0.2) is 303 Å². The first kappa shape index (κ1) is 55.0. The van der Waals surface area contributed by atoms with Gasteiger partial charge in [-0.05, 0) is 127 Å². The monoisotopic (exact) mass is 1190 g/mol. The Morgan fingerprint density at radius 3 is 0.880 bits per heavy atom. The summed E-state index contributed by atoms with van der Waals surface area (Å²) in [6.07, 6.45) is -4.66. The molecule has 0 aliphatic carbocycles. The quantitative estimate of drug-likeness (QED) is 0.129. The molecule has 0 radical (unpaired) electrons. The Morgan fingerprint density at radius 1 is 0.272 bits per heavy atom. The van der Waals surface area contributed by atoms with E-state index in [-0.39, 0.29) is 0 Å². The molecular weight excluding hydrogens is 1140 g/mol. The zero-order valence-corrected chi connectivity index (χ0v) is 49.1. The predicted octanol–water partition coefficient (Wildman–Crippen LogP) is 21.4. The summed E-state index contributed by atoms with van der Waals surface area (Å²) in [5, 5.41) is 15.2. The molecule has 0 unspecified atom stereocenters. The number of alkyl halides is 3. The Balaban J connectivity index is 0.938. The number of fused-ring (bicyclic) bond motifs is 6. The van der Waals surface area contributed by atoms with E-state index < -0.39 is 11.7 Å². The van der Waals surface area contributed by atoms with Gasteiger partial charge in [-0.1, -0.05) is 182 Å². The average Bonchev–Trinajstić information content (AvgIpc) is 1.56. The second-order valence-corrected chi connectivity index (χ2v) is 22.8. The van der Waals surface area contributed by atoms with Gasteiger partial charge in [0.25, 0.3) is 0 Å². The van der Waals surface area contributed by atoms with Crippen LogP contribution >= 0.6 is 0 Å². The van der Waals surface area contributed by atoms with Crippen LogP contribution in [0.4, 0.5) is 13.2 Å². The molecule has 7 nitrogen and oxygen atoms in total. The van der Waals surface area contributed by atoms with Gasteiger partial charge in [-0.2, -0.15) is 18.4 Å². The zero-order valence-electron chi connectivity index (χ0n) is 49.1. The number of benzene rings is 10. The molecule has 0 atom stereocenters. The SMILES string of the molecule is N#Cc1cc(-n2c3ccc(-c4cccc(-c5ccccc5)n4)cc3c3cc(-c4cccc(-c5ccccc5)n4)ccc32)c(-c2cccc(C(F)(F)F)c2)cc1-n1c2ccc(-c3cccc(-c4ccccc4)n3)cc2c2cc(-c3cccc(-c4ccccc4)n3)ccc21. The number of hydrogen-bond donors (Lipinski definition) is 0. The van der Waals surface area contributed by atoms with Crippen molar-refractivity contribution in [3.63, 3.8) is 0 Å². The molecule has 10 heteroatoms. The van der Waals surface area contributed by atoms with Crippen LogP contribution < -0.4 is 0 Å². The molecule has 0 bridgehead atoms. The molecule has 6 aromatic heterocycles. The number of nitrogens with zero attached hydrogens (tertiary/aromatic N) is 7. The summed E-state index contributed by atoms with van der Waals surface area (Å²) in [4.78, 5) is 20.7. The minimum absolute atomic E-state index is 0.296. The van der Waals surface area contributed by atoms with Gasteiger partial charge in [-0.15, -0.1) is 0 Å². The van der Waals surface area contributed by atoms with E-state index in [2.05, 4.69) is 39.5 Å². The van der Waals surface area contributed by atoms with Crippen LogP contribution in [0, 0.1) is 11.3 Å². The fourth-order valence-corrected chi connectivity index (χ4v) is 12.8. The molecule has 0 aliphatic rings. The van der Waals surface area contributed by atoms with Gasteiger partial charge in [-0.3, -0.25) is 0 Å². The summed E-state index contributed by atoms with van der Waals surface area (Å²) in [6, 6.07) is 101. The van der Waals surface area contributed by atoms with E-state index in [4.69, 9.17) is 19.9 Å². The minimum Gasteiger partial charge on any atom is -0.309 e. The van der Waals surface area contributed by atoms with E-state index in [0.29, 0.717) is 28.1 Å². The standard InChI is InChI=1S/C82H50F3N7/c83-82(84,85)62-27-13-26-56(44-62)63-50-80(91-76-40-36-57(72-32-14-28-68(87-72)52-18-5-1-6-19-52)45-64(76)65-46-58(37-41-77(65)91)73-33-15-29-69(88-73)53-20-7-2-8-21-53)61(51-86)49-81(63)92-78-42-38-59(74-34-16-30-70(89-74)54-22-9-3-10-23-54)47-66(78)67-48-60(39-43-79(67)92)75-35-17-31-71(90-75)55-24-11-4-12-25-55/h1-50H. The first-order chi connectivity index (χ1) is 45.2.